The van der Waals surface area contributed by atoms with E-state index in [1.165, 1.54) is 201 Å². The van der Waals surface area contributed by atoms with E-state index in [1.54, 1.807) is 7.11 Å². The Kier molecular flexibility index (Phi) is 22.9. The van der Waals surface area contributed by atoms with E-state index in [2.05, 4.69) is 194 Å². The van der Waals surface area contributed by atoms with Crippen LogP contribution in [0.15, 0.2) is 146 Å². The Labute approximate surface area is 778 Å². The molecule has 14 heteroatoms. The molecular formula is C116H156N8O6. The first-order valence-electron chi connectivity index (χ1n) is 53.5. The molecule has 1 spiro atoms. The normalized spacial score (nSPS) is 42.4. The third-order valence-corrected chi connectivity index (χ3v) is 41.3. The van der Waals surface area contributed by atoms with Gasteiger partial charge in [-0.15, -0.1) is 0 Å². The van der Waals surface area contributed by atoms with E-state index in [1.807, 2.05) is 0 Å². The van der Waals surface area contributed by atoms with E-state index < -0.39 is 0 Å². The summed E-state index contributed by atoms with van der Waals surface area (Å²) < 4.78 is 5.37. The lowest BCUT2D eigenvalue weighted by atomic mass is 9.38. The number of methoxy groups -OCH3 is 1. The van der Waals surface area contributed by atoms with Crippen molar-refractivity contribution in [2.45, 2.75) is 303 Å². The predicted molar refractivity (Wildman–Crippen MR) is 515 cm³/mol. The number of nitrogens with one attached hydrogen (secondary N) is 5. The van der Waals surface area contributed by atoms with Crippen LogP contribution in [0.2, 0.25) is 0 Å². The zero-order chi connectivity index (χ0) is 88.0. The molecule has 20 saturated carbocycles. The highest BCUT2D eigenvalue weighted by atomic mass is 16.5. The molecule has 0 radical (unpaired) electrons. The number of amides is 3. The zero-order valence-electron chi connectivity index (χ0n) is 79.3. The minimum Gasteiger partial charge on any atom is -0.497 e. The van der Waals surface area contributed by atoms with Gasteiger partial charge < -0.3 is 46.0 Å². The number of hydrogen-bond acceptors (Lipinski definition) is 11. The lowest BCUT2D eigenvalue weighted by Gasteiger charge is -2.66. The van der Waals surface area contributed by atoms with E-state index in [0.29, 0.717) is 64.0 Å². The van der Waals surface area contributed by atoms with Crippen LogP contribution >= 0.6 is 0 Å². The van der Waals surface area contributed by atoms with Crippen molar-refractivity contribution >= 4 is 29.3 Å². The average Bonchev–Trinajstić information content (AvgIpc) is 0.893. The topological polar surface area (TPSA) is 164 Å². The second-order valence-corrected chi connectivity index (χ2v) is 50.6. The van der Waals surface area contributed by atoms with Crippen LogP contribution in [0, 0.1) is 103 Å². The Morgan fingerprint density at radius 2 is 0.769 bits per heavy atom. The molecule has 27 aliphatic rings. The van der Waals surface area contributed by atoms with Crippen molar-refractivity contribution in [2.75, 3.05) is 98.7 Å². The van der Waals surface area contributed by atoms with Crippen molar-refractivity contribution in [2.24, 2.45) is 103 Å². The summed E-state index contributed by atoms with van der Waals surface area (Å²) in [7, 11) is 1.73. The Morgan fingerprint density at radius 3 is 1.21 bits per heavy atom. The van der Waals surface area contributed by atoms with Gasteiger partial charge in [0.1, 0.15) is 17.3 Å². The van der Waals surface area contributed by atoms with Gasteiger partial charge in [0, 0.05) is 93.5 Å². The summed E-state index contributed by atoms with van der Waals surface area (Å²) in [5, 5.41) is 17.4. The maximum absolute atomic E-state index is 13.9. The van der Waals surface area contributed by atoms with Crippen molar-refractivity contribution in [1.29, 1.82) is 0 Å². The summed E-state index contributed by atoms with van der Waals surface area (Å²) in [6.07, 6.45) is 48.2. The van der Waals surface area contributed by atoms with Crippen LogP contribution < -0.4 is 31.3 Å². The Morgan fingerprint density at radius 1 is 0.362 bits per heavy atom. The number of fused-ring (bicyclic) bond motifs is 2. The van der Waals surface area contributed by atoms with Gasteiger partial charge in [-0.1, -0.05) is 140 Å². The molecule has 7 saturated heterocycles. The number of likely N-dealkylation sites (tertiary alicyclic amines) is 2. The van der Waals surface area contributed by atoms with Crippen molar-refractivity contribution in [1.82, 2.24) is 41.3 Å². The molecule has 130 heavy (non-hydrogen) atoms. The second kappa shape index (κ2) is 34.0. The van der Waals surface area contributed by atoms with Crippen LogP contribution in [0.4, 0.5) is 0 Å². The van der Waals surface area contributed by atoms with Crippen LogP contribution in [-0.2, 0) is 51.0 Å². The van der Waals surface area contributed by atoms with E-state index in [0.717, 1.165) is 234 Å². The van der Waals surface area contributed by atoms with Crippen LogP contribution in [0.1, 0.15) is 292 Å². The molecule has 3 amide bonds. The number of rotatable bonds is 15. The van der Waals surface area contributed by atoms with Gasteiger partial charge in [0.25, 0.3) is 0 Å². The van der Waals surface area contributed by atoms with Gasteiger partial charge in [-0.2, -0.15) is 0 Å². The zero-order valence-corrected chi connectivity index (χ0v) is 79.3. The predicted octanol–water partition coefficient (Wildman–Crippen LogP) is 19.5. The number of Topliss-reactive ketones (excluding diaryl/α,β-unsaturated/α-hetero) is 2. The summed E-state index contributed by atoms with van der Waals surface area (Å²) in [5.41, 5.74) is 9.34. The summed E-state index contributed by atoms with van der Waals surface area (Å²) in [6, 6.07) is 54.5. The number of piperazine rings is 1. The second-order valence-electron chi connectivity index (χ2n) is 50.6. The smallest absolute Gasteiger partial charge is 0.229 e. The molecule has 14 nitrogen and oxygen atoms in total. The van der Waals surface area contributed by atoms with Gasteiger partial charge in [-0.05, 0) is 421 Å². The average molecular weight is 1760 g/mol. The molecule has 27 fully saturated rings. The van der Waals surface area contributed by atoms with Gasteiger partial charge in [-0.25, -0.2) is 0 Å². The number of carbonyl (C=O) groups is 5. The molecule has 5 N–H and O–H groups in total. The largest absolute Gasteiger partial charge is 0.497 e. The maximum Gasteiger partial charge on any atom is 0.229 e. The number of benzene rings is 5. The first-order valence-corrected chi connectivity index (χ1v) is 53.5. The minimum atomic E-state index is -0.0652. The highest BCUT2D eigenvalue weighted by molar-refractivity contribution is 5.88. The highest BCUT2D eigenvalue weighted by Crippen LogP contribution is 2.74. The Balaban J connectivity index is 0.0000000926. The van der Waals surface area contributed by atoms with E-state index >= 15 is 0 Å². The van der Waals surface area contributed by atoms with Crippen molar-refractivity contribution in [3.63, 3.8) is 0 Å². The monoisotopic (exact) mass is 1760 g/mol. The molecule has 696 valence electrons. The Hall–Kier alpha value is -6.55. The molecule has 15 unspecified atom stereocenters. The Bertz CT molecular complexity index is 4880. The van der Waals surface area contributed by atoms with Crippen molar-refractivity contribution < 1.29 is 28.7 Å². The first kappa shape index (κ1) is 87.5. The number of ether oxygens (including phenoxy) is 1. The van der Waals surface area contributed by atoms with E-state index in [4.69, 9.17) is 4.74 Å². The maximum atomic E-state index is 13.9. The number of hydrogen-bond donors (Lipinski definition) is 5. The number of carbonyl (C=O) groups excluding carboxylic acids is 5. The fourth-order valence-electron chi connectivity index (χ4n) is 38.4. The standard InChI is InChI=1S/C24H32N2O.C24H33NO2.C24H33NO.C22H28N2O.C22H30N2O/c27-21(26-9-7-22(17-26)6-8-25-16-22)24-13-18-10-19(14-24)12-23(11-18,15-24)20-4-2-1-3-5-20;1-27-21-4-2-20(3-5-21)23-12-18-10-19(13-23)15-24(14-18,16-23)22(26)11-17-6-8-25-9-7-17;1-22-12-19-13-23(15-22,20-5-3-2-4-6-20)17-24(14-19,16-22)21(26)11-18-7-9-25-10-8-18;25-20(24-13-18-7-19(24)12-23-18)22-10-15-6-16(11-22)9-21(8-15,14-22)17-4-2-1-3-5-17;25-20(24-9-4-7-23-8-10-24)22-14-17-11-18(15-22)13-21(12-17,16-22)19-5-2-1-3-6-19/h1-5,18-19,25H,6-17H2;2-5,17-19,25H,6-16H2,1H3;2-6,18-19,25H,7-17H2,1H3;1-5,15-16,18-19,23H,6-14H2;1-3,5-6,17-18,23H,4,7-16H2. The van der Waals surface area contributed by atoms with Gasteiger partial charge in [0.2, 0.25) is 17.7 Å². The van der Waals surface area contributed by atoms with E-state index in [9.17, 15) is 24.0 Å². The summed E-state index contributed by atoms with van der Waals surface area (Å²) in [4.78, 5) is 75.4. The lowest BCUT2D eigenvalue weighted by Crippen LogP contribution is -2.61. The first-order chi connectivity index (χ1) is 63.1. The molecule has 5 aromatic carbocycles. The van der Waals surface area contributed by atoms with Gasteiger partial charge >= 0.3 is 0 Å². The SMILES string of the molecule is CC12CC3CC(C(=O)CC4CCNCC4)(C1)CC(c1ccccc1)(C3)C2.COc1ccc(C23CC4CC(CC(C(=O)CC5CCNCC5)(C4)C2)C3)cc1.O=C(N1CC2CC1CN2)C12CC3CC(C1)CC(c1ccccc1)(C3)C2.O=C(N1CCC2(CCNC2)C1)C12CC3CC(C1)CC(c1ccccc1)(C3)C2.O=C(N1CCCNCC1)C12CC3CC(C1)CC(c1ccccc1)(C3)C2. The highest BCUT2D eigenvalue weighted by Gasteiger charge is 2.69. The number of nitrogens with zero attached hydrogens (tertiary/aromatic N) is 3. The van der Waals surface area contributed by atoms with Crippen LogP contribution in [0.3, 0.4) is 0 Å². The molecule has 7 heterocycles. The van der Waals surface area contributed by atoms with Crippen LogP contribution in [0.5, 0.6) is 5.75 Å². The summed E-state index contributed by atoms with van der Waals surface area (Å²) in [5.74, 6) is 11.8. The van der Waals surface area contributed by atoms with E-state index in [-0.39, 0.29) is 54.1 Å². The van der Waals surface area contributed by atoms with Crippen molar-refractivity contribution in [3.8, 4) is 5.75 Å². The molecule has 15 atom stereocenters. The summed E-state index contributed by atoms with van der Waals surface area (Å²) in [6.45, 7) is 16.9. The molecule has 20 aliphatic carbocycles. The molecule has 5 aromatic rings. The fraction of sp³-hybridized carbons (Fsp3) is 0.698. The van der Waals surface area contributed by atoms with Crippen LogP contribution in [-0.4, -0.2) is 155 Å². The summed E-state index contributed by atoms with van der Waals surface area (Å²) >= 11 is 0. The fourth-order valence-corrected chi connectivity index (χ4v) is 38.4. The lowest BCUT2D eigenvalue weighted by molar-refractivity contribution is -0.161. The number of ketones is 2. The molecule has 32 rings (SSSR count). The number of piperidine rings is 2. The van der Waals surface area contributed by atoms with Gasteiger partial charge in [0.05, 0.1) is 23.4 Å². The molecule has 0 aromatic heterocycles. The molecular weight excluding hydrogens is 1600 g/mol. The quantitative estimate of drug-likeness (QED) is 0.0678. The minimum absolute atomic E-state index is 0.0190. The third-order valence-electron chi connectivity index (χ3n) is 41.3. The molecule has 7 aliphatic heterocycles. The third kappa shape index (κ3) is 15.9. The van der Waals surface area contributed by atoms with Crippen molar-refractivity contribution in [3.05, 3.63) is 173 Å². The molecule has 22 bridgehead atoms. The van der Waals surface area contributed by atoms with Gasteiger partial charge in [-0.3, -0.25) is 24.0 Å². The van der Waals surface area contributed by atoms with Gasteiger partial charge in [0.15, 0.2) is 0 Å². The van der Waals surface area contributed by atoms with Crippen LogP contribution in [0.25, 0.3) is 0 Å².